The van der Waals surface area contributed by atoms with E-state index in [1.807, 2.05) is 6.26 Å². The molecule has 5 nitrogen and oxygen atoms in total. The highest BCUT2D eigenvalue weighted by molar-refractivity contribution is 8.02. The fourth-order valence-electron chi connectivity index (χ4n) is 1.93. The zero-order chi connectivity index (χ0) is 15.7. The van der Waals surface area contributed by atoms with Crippen molar-refractivity contribution in [2.24, 2.45) is 0 Å². The monoisotopic (exact) mass is 335 g/mol. The molecule has 8 heteroatoms. The van der Waals surface area contributed by atoms with Crippen molar-refractivity contribution in [1.29, 1.82) is 0 Å². The number of nitrogens with one attached hydrogen (secondary N) is 1. The van der Waals surface area contributed by atoms with Gasteiger partial charge in [-0.2, -0.15) is 0 Å². The van der Waals surface area contributed by atoms with E-state index in [2.05, 4.69) is 15.3 Å². The Morgan fingerprint density at radius 2 is 2.09 bits per heavy atom. The molecule has 0 unspecified atom stereocenters. The van der Waals surface area contributed by atoms with Crippen LogP contribution in [0.3, 0.4) is 0 Å². The van der Waals surface area contributed by atoms with Crippen molar-refractivity contribution in [3.63, 3.8) is 0 Å². The molecule has 1 amide bonds. The summed E-state index contributed by atoms with van der Waals surface area (Å²) in [4.78, 5) is 32.8. The number of hydrogen-bond donors (Lipinski definition) is 1. The first-order chi connectivity index (χ1) is 10.6. The van der Waals surface area contributed by atoms with Crippen LogP contribution in [0, 0.1) is 5.82 Å². The highest BCUT2D eigenvalue weighted by Crippen LogP contribution is 2.36. The number of fused-ring (bicyclic) bond motifs is 1. The normalized spacial score (nSPS) is 16.5. The molecule has 1 aromatic carbocycles. The number of halogens is 1. The van der Waals surface area contributed by atoms with Crippen molar-refractivity contribution in [1.82, 2.24) is 9.97 Å². The number of rotatable bonds is 3. The van der Waals surface area contributed by atoms with E-state index >= 15 is 0 Å². The Kier molecular flexibility index (Phi) is 4.12. The number of thioether (sulfide) groups is 2. The number of benzene rings is 1. The number of carbonyl (C=O) groups excluding carboxylic acids is 2. The van der Waals surface area contributed by atoms with Gasteiger partial charge in [0.2, 0.25) is 5.91 Å². The van der Waals surface area contributed by atoms with Crippen LogP contribution in [0.25, 0.3) is 0 Å². The van der Waals surface area contributed by atoms with Gasteiger partial charge in [0.15, 0.2) is 16.2 Å². The molecule has 3 rings (SSSR count). The van der Waals surface area contributed by atoms with Gasteiger partial charge in [0.05, 0.1) is 5.56 Å². The summed E-state index contributed by atoms with van der Waals surface area (Å²) in [6, 6.07) is 5.36. The molecule has 1 N–H and O–H groups in total. The van der Waals surface area contributed by atoms with Crippen molar-refractivity contribution >= 4 is 40.9 Å². The van der Waals surface area contributed by atoms with Crippen molar-refractivity contribution in [3.8, 4) is 0 Å². The molecule has 1 atom stereocenters. The molecule has 0 saturated carbocycles. The summed E-state index contributed by atoms with van der Waals surface area (Å²) in [5, 5.41) is 2.78. The van der Waals surface area contributed by atoms with E-state index in [0.29, 0.717) is 21.4 Å². The molecule has 22 heavy (non-hydrogen) atoms. The predicted octanol–water partition coefficient (Wildman–Crippen LogP) is 2.63. The molecule has 0 radical (unpaired) electrons. The van der Waals surface area contributed by atoms with E-state index in [9.17, 15) is 14.0 Å². The summed E-state index contributed by atoms with van der Waals surface area (Å²) in [5.74, 6) is -1.16. The lowest BCUT2D eigenvalue weighted by atomic mass is 10.1. The molecule has 1 aromatic heterocycles. The highest BCUT2D eigenvalue weighted by Gasteiger charge is 2.38. The van der Waals surface area contributed by atoms with Crippen molar-refractivity contribution < 1.29 is 14.0 Å². The second kappa shape index (κ2) is 6.05. The minimum Gasteiger partial charge on any atom is -0.325 e. The van der Waals surface area contributed by atoms with Crippen LogP contribution in [0.15, 0.2) is 40.6 Å². The van der Waals surface area contributed by atoms with Crippen LogP contribution in [0.4, 0.5) is 10.1 Å². The molecule has 0 aliphatic carbocycles. The molecule has 2 aromatic rings. The second-order valence-corrected chi connectivity index (χ2v) is 6.30. The zero-order valence-corrected chi connectivity index (χ0v) is 13.0. The number of amides is 1. The second-order valence-electron chi connectivity index (χ2n) is 4.43. The zero-order valence-electron chi connectivity index (χ0n) is 11.4. The van der Waals surface area contributed by atoms with Gasteiger partial charge in [0, 0.05) is 11.9 Å². The highest BCUT2D eigenvalue weighted by atomic mass is 32.2. The molecule has 2 heterocycles. The Morgan fingerprint density at radius 1 is 1.36 bits per heavy atom. The van der Waals surface area contributed by atoms with Gasteiger partial charge in [0.1, 0.15) is 10.8 Å². The summed E-state index contributed by atoms with van der Waals surface area (Å²) in [6.45, 7) is 0. The van der Waals surface area contributed by atoms with E-state index in [4.69, 9.17) is 0 Å². The van der Waals surface area contributed by atoms with Gasteiger partial charge < -0.3 is 5.32 Å². The fourth-order valence-corrected chi connectivity index (χ4v) is 3.37. The smallest absolute Gasteiger partial charge is 0.245 e. The quantitative estimate of drug-likeness (QED) is 0.402. The van der Waals surface area contributed by atoms with Crippen LogP contribution >= 0.6 is 23.5 Å². The van der Waals surface area contributed by atoms with Gasteiger partial charge in [-0.25, -0.2) is 14.4 Å². The van der Waals surface area contributed by atoms with E-state index < -0.39 is 17.0 Å². The number of anilines is 1. The molecular weight excluding hydrogens is 325 g/mol. The third-order valence-electron chi connectivity index (χ3n) is 3.00. The maximum Gasteiger partial charge on any atom is 0.245 e. The average molecular weight is 335 g/mol. The van der Waals surface area contributed by atoms with E-state index in [0.717, 1.165) is 11.8 Å². The lowest BCUT2D eigenvalue weighted by Gasteiger charge is -2.08. The van der Waals surface area contributed by atoms with Crippen molar-refractivity contribution in [2.75, 3.05) is 11.6 Å². The summed E-state index contributed by atoms with van der Waals surface area (Å²) < 4.78 is 12.8. The third-order valence-corrected chi connectivity index (χ3v) is 4.76. The first kappa shape index (κ1) is 15.0. The lowest BCUT2D eigenvalue weighted by molar-refractivity contribution is -0.115. The summed E-state index contributed by atoms with van der Waals surface area (Å²) in [5.41, 5.74) is 0.800. The molecule has 0 spiro atoms. The van der Waals surface area contributed by atoms with Gasteiger partial charge in [-0.1, -0.05) is 23.5 Å². The largest absolute Gasteiger partial charge is 0.325 e. The van der Waals surface area contributed by atoms with Crippen LogP contribution in [-0.4, -0.2) is 33.2 Å². The fraction of sp³-hybridized carbons (Fsp3) is 0.143. The Labute approximate surface area is 134 Å². The summed E-state index contributed by atoms with van der Waals surface area (Å²) in [6.07, 6.45) is 3.29. The predicted molar refractivity (Wildman–Crippen MR) is 82.8 cm³/mol. The molecular formula is C14H10FN3O2S2. The molecule has 0 saturated heterocycles. The number of ketones is 1. The first-order valence-electron chi connectivity index (χ1n) is 6.27. The molecule has 1 aliphatic heterocycles. The Balaban J connectivity index is 1.77. The van der Waals surface area contributed by atoms with Crippen LogP contribution in [-0.2, 0) is 4.79 Å². The summed E-state index contributed by atoms with van der Waals surface area (Å²) >= 11 is 2.47. The van der Waals surface area contributed by atoms with Gasteiger partial charge in [-0.3, -0.25) is 9.59 Å². The van der Waals surface area contributed by atoms with Gasteiger partial charge in [-0.15, -0.1) is 0 Å². The Morgan fingerprint density at radius 3 is 2.77 bits per heavy atom. The van der Waals surface area contributed by atoms with Crippen molar-refractivity contribution in [3.05, 3.63) is 41.8 Å². The Bertz CT molecular complexity index is 752. The minimum absolute atomic E-state index is 0.313. The van der Waals surface area contributed by atoms with Crippen molar-refractivity contribution in [2.45, 2.75) is 15.4 Å². The average Bonchev–Trinajstić information content (AvgIpc) is 2.86. The maximum atomic E-state index is 12.8. The van der Waals surface area contributed by atoms with Crippen LogP contribution < -0.4 is 5.32 Å². The lowest BCUT2D eigenvalue weighted by Crippen LogP contribution is -2.29. The van der Waals surface area contributed by atoms with E-state index in [1.54, 1.807) is 0 Å². The maximum absolute atomic E-state index is 12.8. The third kappa shape index (κ3) is 2.84. The molecule has 0 bridgehead atoms. The number of carbonyl (C=O) groups is 2. The van der Waals surface area contributed by atoms with E-state index in [1.165, 1.54) is 42.2 Å². The van der Waals surface area contributed by atoms with Gasteiger partial charge in [-0.05, 0) is 30.5 Å². The van der Waals surface area contributed by atoms with Crippen LogP contribution in [0.1, 0.15) is 10.4 Å². The van der Waals surface area contributed by atoms with Gasteiger partial charge in [0.25, 0.3) is 0 Å². The van der Waals surface area contributed by atoms with Crippen LogP contribution in [0.5, 0.6) is 0 Å². The Hall–Kier alpha value is -1.93. The first-order valence-corrected chi connectivity index (χ1v) is 8.37. The number of Topliss-reactive ketones (excluding diaryl/α,β-unsaturated/α-hetero) is 1. The standard InChI is InChI=1S/C14H10FN3O2S2/c1-21-14-16-6-9-10(19)11(22-13(9)18-14)12(20)17-8-4-2-7(15)3-5-8/h2-6,11H,1H3,(H,17,20)/t11-/m0/s1. The number of nitrogens with zero attached hydrogens (tertiary/aromatic N) is 2. The topological polar surface area (TPSA) is 72.0 Å². The number of aromatic nitrogens is 2. The van der Waals surface area contributed by atoms with Gasteiger partial charge >= 0.3 is 0 Å². The van der Waals surface area contributed by atoms with Crippen LogP contribution in [0.2, 0.25) is 0 Å². The molecule has 0 fully saturated rings. The number of hydrogen-bond acceptors (Lipinski definition) is 6. The van der Waals surface area contributed by atoms with E-state index in [-0.39, 0.29) is 5.78 Å². The molecule has 1 aliphatic rings. The SMILES string of the molecule is CSc1ncc2c(n1)S[C@H](C(=O)Nc1ccc(F)cc1)C2=O. The summed E-state index contributed by atoms with van der Waals surface area (Å²) in [7, 11) is 0. The molecule has 112 valence electrons. The minimum atomic E-state index is -0.897.